The molecular formula is C11H21N3OS. The molecule has 0 bridgehead atoms. The zero-order valence-electron chi connectivity index (χ0n) is 9.95. The fourth-order valence-corrected chi connectivity index (χ4v) is 1.97. The maximum absolute atomic E-state index is 12.0. The summed E-state index contributed by atoms with van der Waals surface area (Å²) < 4.78 is 0. The van der Waals surface area contributed by atoms with Gasteiger partial charge in [-0.1, -0.05) is 25.1 Å². The Labute approximate surface area is 103 Å². The van der Waals surface area contributed by atoms with E-state index in [0.29, 0.717) is 18.0 Å². The summed E-state index contributed by atoms with van der Waals surface area (Å²) >= 11 is 4.80. The van der Waals surface area contributed by atoms with Gasteiger partial charge >= 0.3 is 6.03 Å². The van der Waals surface area contributed by atoms with Crippen molar-refractivity contribution >= 4 is 23.2 Å². The molecule has 0 aromatic rings. The van der Waals surface area contributed by atoms with E-state index in [-0.39, 0.29) is 6.03 Å². The molecule has 0 aliphatic carbocycles. The fraction of sp³-hybridized carbons (Fsp3) is 0.818. The van der Waals surface area contributed by atoms with Crippen LogP contribution >= 0.6 is 12.2 Å². The number of carbonyl (C=O) groups excluding carboxylic acids is 1. The Morgan fingerprint density at radius 2 is 1.88 bits per heavy atom. The van der Waals surface area contributed by atoms with Crippen LogP contribution in [0.15, 0.2) is 0 Å². The first-order valence-electron chi connectivity index (χ1n) is 5.89. The first kappa shape index (κ1) is 13.2. The second-order valence-corrected chi connectivity index (χ2v) is 4.85. The third-order valence-corrected chi connectivity index (χ3v) is 3.10. The quantitative estimate of drug-likeness (QED) is 0.766. The van der Waals surface area contributed by atoms with Gasteiger partial charge in [-0.15, -0.1) is 0 Å². The van der Waals surface area contributed by atoms with E-state index < -0.39 is 0 Å². The van der Waals surface area contributed by atoms with Crippen molar-refractivity contribution in [2.24, 2.45) is 5.73 Å². The summed E-state index contributed by atoms with van der Waals surface area (Å²) in [6.07, 6.45) is 5.32. The molecule has 16 heavy (non-hydrogen) atoms. The first-order valence-corrected chi connectivity index (χ1v) is 6.30. The smallest absolute Gasteiger partial charge is 0.319 e. The lowest BCUT2D eigenvalue weighted by molar-refractivity contribution is 0.165. The predicted octanol–water partition coefficient (Wildman–Crippen LogP) is 1.59. The van der Waals surface area contributed by atoms with Gasteiger partial charge in [-0.2, -0.15) is 0 Å². The lowest BCUT2D eigenvalue weighted by Crippen LogP contribution is -2.42. The van der Waals surface area contributed by atoms with Crippen molar-refractivity contribution in [1.82, 2.24) is 9.80 Å². The van der Waals surface area contributed by atoms with Crippen molar-refractivity contribution in [2.75, 3.05) is 26.7 Å². The van der Waals surface area contributed by atoms with E-state index in [2.05, 4.69) is 0 Å². The second-order valence-electron chi connectivity index (χ2n) is 4.32. The molecule has 1 heterocycles. The standard InChI is InChI=1S/C11H21N3OS/c1-13(9-6-10(12)16)11(15)14-7-4-2-3-5-8-14/h2-9H2,1H3,(H2,12,16). The minimum Gasteiger partial charge on any atom is -0.393 e. The Bertz CT molecular complexity index is 250. The second kappa shape index (κ2) is 6.68. The van der Waals surface area contributed by atoms with E-state index in [9.17, 15) is 4.79 Å². The van der Waals surface area contributed by atoms with Crippen LogP contribution in [0.5, 0.6) is 0 Å². The van der Waals surface area contributed by atoms with E-state index in [4.69, 9.17) is 18.0 Å². The summed E-state index contributed by atoms with van der Waals surface area (Å²) in [7, 11) is 1.81. The summed E-state index contributed by atoms with van der Waals surface area (Å²) in [6, 6.07) is 0.109. The molecule has 0 spiro atoms. The molecule has 0 radical (unpaired) electrons. The highest BCUT2D eigenvalue weighted by Gasteiger charge is 2.18. The van der Waals surface area contributed by atoms with Crippen LogP contribution in [-0.2, 0) is 0 Å². The van der Waals surface area contributed by atoms with Crippen molar-refractivity contribution in [3.05, 3.63) is 0 Å². The average Bonchev–Trinajstić information content (AvgIpc) is 2.53. The van der Waals surface area contributed by atoms with Crippen molar-refractivity contribution < 1.29 is 4.79 Å². The summed E-state index contributed by atoms with van der Waals surface area (Å²) in [5.74, 6) is 0. The molecule has 0 aromatic heterocycles. The van der Waals surface area contributed by atoms with Crippen molar-refractivity contribution in [3.8, 4) is 0 Å². The maximum atomic E-state index is 12.0. The number of carbonyl (C=O) groups is 1. The monoisotopic (exact) mass is 243 g/mol. The van der Waals surface area contributed by atoms with E-state index >= 15 is 0 Å². The Morgan fingerprint density at radius 3 is 2.38 bits per heavy atom. The highest BCUT2D eigenvalue weighted by atomic mass is 32.1. The van der Waals surface area contributed by atoms with Crippen LogP contribution in [0, 0.1) is 0 Å². The minimum atomic E-state index is 0.109. The zero-order chi connectivity index (χ0) is 12.0. The maximum Gasteiger partial charge on any atom is 0.319 e. The van der Waals surface area contributed by atoms with Gasteiger partial charge in [0.05, 0.1) is 4.99 Å². The van der Waals surface area contributed by atoms with Gasteiger partial charge in [0.1, 0.15) is 0 Å². The Balaban J connectivity index is 2.38. The Morgan fingerprint density at radius 1 is 1.31 bits per heavy atom. The molecule has 0 unspecified atom stereocenters. The van der Waals surface area contributed by atoms with E-state index in [0.717, 1.165) is 25.9 Å². The molecule has 92 valence electrons. The normalized spacial score (nSPS) is 16.7. The number of likely N-dealkylation sites (tertiary alicyclic amines) is 1. The summed E-state index contributed by atoms with van der Waals surface area (Å²) in [5.41, 5.74) is 5.42. The number of thiocarbonyl (C=S) groups is 1. The van der Waals surface area contributed by atoms with Crippen LogP contribution in [0.1, 0.15) is 32.1 Å². The lowest BCUT2D eigenvalue weighted by atomic mass is 10.2. The SMILES string of the molecule is CN(CCC(N)=S)C(=O)N1CCCCCC1. The highest BCUT2D eigenvalue weighted by Crippen LogP contribution is 2.11. The molecule has 4 nitrogen and oxygen atoms in total. The lowest BCUT2D eigenvalue weighted by Gasteiger charge is -2.26. The summed E-state index contributed by atoms with van der Waals surface area (Å²) in [5, 5.41) is 0. The molecule has 1 aliphatic rings. The minimum absolute atomic E-state index is 0.109. The first-order chi connectivity index (χ1) is 7.61. The molecule has 1 aliphatic heterocycles. The predicted molar refractivity (Wildman–Crippen MR) is 69.5 cm³/mol. The average molecular weight is 243 g/mol. The van der Waals surface area contributed by atoms with Crippen LogP contribution in [0.2, 0.25) is 0 Å². The third kappa shape index (κ3) is 4.35. The molecule has 0 saturated carbocycles. The molecule has 1 fully saturated rings. The zero-order valence-corrected chi connectivity index (χ0v) is 10.8. The molecule has 1 rings (SSSR count). The molecule has 2 amide bonds. The van der Waals surface area contributed by atoms with E-state index in [1.807, 2.05) is 11.9 Å². The molecule has 1 saturated heterocycles. The molecule has 5 heteroatoms. The van der Waals surface area contributed by atoms with E-state index in [1.165, 1.54) is 12.8 Å². The van der Waals surface area contributed by atoms with Gasteiger partial charge in [-0.05, 0) is 12.8 Å². The number of amides is 2. The van der Waals surface area contributed by atoms with Gasteiger partial charge < -0.3 is 15.5 Å². The van der Waals surface area contributed by atoms with Gasteiger partial charge in [0.2, 0.25) is 0 Å². The number of nitrogens with two attached hydrogens (primary N) is 1. The third-order valence-electron chi connectivity index (χ3n) is 2.90. The summed E-state index contributed by atoms with van der Waals surface area (Å²) in [4.78, 5) is 16.1. The van der Waals surface area contributed by atoms with Gasteiger partial charge in [0.15, 0.2) is 0 Å². The van der Waals surface area contributed by atoms with Crippen LogP contribution < -0.4 is 5.73 Å². The number of hydrogen-bond donors (Lipinski definition) is 1. The van der Waals surface area contributed by atoms with Crippen LogP contribution in [0.4, 0.5) is 4.79 Å². The number of hydrogen-bond acceptors (Lipinski definition) is 2. The van der Waals surface area contributed by atoms with Crippen molar-refractivity contribution in [2.45, 2.75) is 32.1 Å². The number of nitrogens with zero attached hydrogens (tertiary/aromatic N) is 2. The number of urea groups is 1. The topological polar surface area (TPSA) is 49.6 Å². The Hall–Kier alpha value is -0.840. The molecule has 2 N–H and O–H groups in total. The van der Waals surface area contributed by atoms with Gasteiger partial charge in [0, 0.05) is 33.1 Å². The largest absolute Gasteiger partial charge is 0.393 e. The van der Waals surface area contributed by atoms with Gasteiger partial charge in [-0.3, -0.25) is 0 Å². The highest BCUT2D eigenvalue weighted by molar-refractivity contribution is 7.80. The molecular weight excluding hydrogens is 222 g/mol. The molecule has 0 atom stereocenters. The van der Waals surface area contributed by atoms with Gasteiger partial charge in [0.25, 0.3) is 0 Å². The van der Waals surface area contributed by atoms with Crippen molar-refractivity contribution in [1.29, 1.82) is 0 Å². The van der Waals surface area contributed by atoms with Crippen molar-refractivity contribution in [3.63, 3.8) is 0 Å². The summed E-state index contributed by atoms with van der Waals surface area (Å²) in [6.45, 7) is 2.39. The molecule has 0 aromatic carbocycles. The van der Waals surface area contributed by atoms with Crippen LogP contribution in [0.3, 0.4) is 0 Å². The fourth-order valence-electron chi connectivity index (χ4n) is 1.88. The number of rotatable bonds is 3. The Kier molecular flexibility index (Phi) is 5.52. The van der Waals surface area contributed by atoms with Crippen LogP contribution in [0.25, 0.3) is 0 Å². The van der Waals surface area contributed by atoms with Crippen LogP contribution in [-0.4, -0.2) is 47.5 Å². The van der Waals surface area contributed by atoms with Gasteiger partial charge in [-0.25, -0.2) is 4.79 Å². The van der Waals surface area contributed by atoms with E-state index in [1.54, 1.807) is 4.90 Å².